The Kier molecular flexibility index (Phi) is 15.0. The molecule has 0 bridgehead atoms. The van der Waals surface area contributed by atoms with Crippen molar-refractivity contribution >= 4 is 41.9 Å². The highest BCUT2D eigenvalue weighted by Crippen LogP contribution is 2.55. The van der Waals surface area contributed by atoms with Crippen LogP contribution in [0.5, 0.6) is 69.0 Å². The zero-order valence-corrected chi connectivity index (χ0v) is 39.9. The molecule has 13 N–H and O–H groups in total. The highest BCUT2D eigenvalue weighted by Gasteiger charge is 2.48. The molecule has 24 nitrogen and oxygen atoms in total. The van der Waals surface area contributed by atoms with E-state index in [1.165, 1.54) is 30.3 Å². The van der Waals surface area contributed by atoms with E-state index in [0.717, 1.165) is 78.9 Å². The van der Waals surface area contributed by atoms with Gasteiger partial charge < -0.3 is 90.1 Å². The third-order valence-corrected chi connectivity index (χ3v) is 12.6. The molecule has 6 aromatic carbocycles. The molecule has 2 aliphatic rings. The lowest BCUT2D eigenvalue weighted by Crippen LogP contribution is -2.34. The highest BCUT2D eigenvalue weighted by atomic mass is 16.6. The predicted molar refractivity (Wildman–Crippen MR) is 260 cm³/mol. The number of aromatic hydroxyl groups is 10. The van der Waals surface area contributed by atoms with Gasteiger partial charge in [-0.2, -0.15) is 0 Å². The number of phenolic OH excluding ortho intramolecular Hbond substituents is 10. The second kappa shape index (κ2) is 21.7. The first-order chi connectivity index (χ1) is 37.0. The van der Waals surface area contributed by atoms with Gasteiger partial charge in [-0.1, -0.05) is 30.3 Å². The number of fused-ring (bicyclic) bond motifs is 2. The standard InChI is InChI=1S/C54H44O24/c55-29-7-1-23(14-34(29)60)17-39(50(66)67)74-42(65)12-3-22-13-28-44(46(77-48(28)38(64)16-22)26-5-9-31(57)36(62)19-26)53(72)76-41(52(70)71)21-25-4-11-33(59)49-43(25)45(47(78-49)27-6-10-32(58)37(63)20-27)54(73)75-40(51(68)69)18-24-2-8-30(56)35(61)15-24/h1-16,19-20,39-41,44-47,55-64H,17-18,21H2,(H,66,67)(H,68,69)(H,70,71)/t39-,40-,41-,44+,45+,46-,47-/m1/s1. The summed E-state index contributed by atoms with van der Waals surface area (Å²) in [6.45, 7) is 0. The van der Waals surface area contributed by atoms with Crippen molar-refractivity contribution in [2.75, 3.05) is 0 Å². The number of ether oxygens (including phenoxy) is 5. The third-order valence-electron chi connectivity index (χ3n) is 12.6. The monoisotopic (exact) mass is 1080 g/mol. The van der Waals surface area contributed by atoms with Crippen LogP contribution in [0.2, 0.25) is 0 Å². The second-order valence-electron chi connectivity index (χ2n) is 17.9. The van der Waals surface area contributed by atoms with Crippen molar-refractivity contribution in [1.29, 1.82) is 0 Å². The van der Waals surface area contributed by atoms with E-state index in [2.05, 4.69) is 0 Å². The van der Waals surface area contributed by atoms with E-state index >= 15 is 0 Å². The SMILES string of the molecule is O=C(C=Cc1cc(O)c2c(c1)[C@H](C(=O)O[C@H](Cc1ccc(O)c3c1[C@H](C(=O)O[C@H](Cc1ccc(O)c(O)c1)C(=O)O)[C@@H](c1ccc(O)c(O)c1)O3)C(=O)O)[C@@H](c1ccc(O)c(O)c1)O2)O[C@H](Cc1ccc(O)c(O)c1)C(=O)O. The van der Waals surface area contributed by atoms with E-state index < -0.39 is 161 Å². The number of carboxylic acids is 3. The van der Waals surface area contributed by atoms with Gasteiger partial charge >= 0.3 is 35.8 Å². The Hall–Kier alpha value is -10.5. The minimum Gasteiger partial charge on any atom is -0.504 e. The number of benzene rings is 6. The Morgan fingerprint density at radius 1 is 0.449 bits per heavy atom. The summed E-state index contributed by atoms with van der Waals surface area (Å²) in [6, 6.07) is 17.9. The first-order valence-electron chi connectivity index (χ1n) is 23.1. The summed E-state index contributed by atoms with van der Waals surface area (Å²) in [5, 5.41) is 133. The van der Waals surface area contributed by atoms with Gasteiger partial charge in [-0.3, -0.25) is 9.59 Å². The molecule has 0 saturated heterocycles. The maximum absolute atomic E-state index is 14.6. The van der Waals surface area contributed by atoms with Gasteiger partial charge in [-0.05, 0) is 106 Å². The highest BCUT2D eigenvalue weighted by molar-refractivity contribution is 5.91. The zero-order valence-electron chi connectivity index (χ0n) is 39.9. The molecule has 0 saturated carbocycles. The van der Waals surface area contributed by atoms with Crippen LogP contribution in [0.25, 0.3) is 6.08 Å². The topological polar surface area (TPSA) is 412 Å². The number of hydrogen-bond acceptors (Lipinski definition) is 21. The van der Waals surface area contributed by atoms with E-state index in [1.807, 2.05) is 0 Å². The van der Waals surface area contributed by atoms with Crippen LogP contribution in [-0.4, -0.2) is 121 Å². The quantitative estimate of drug-likeness (QED) is 0.0235. The molecule has 404 valence electrons. The average Bonchev–Trinajstić information content (AvgIpc) is 4.23. The summed E-state index contributed by atoms with van der Waals surface area (Å²) in [7, 11) is 0. The molecule has 0 fully saturated rings. The number of carbonyl (C=O) groups excluding carboxylic acids is 3. The van der Waals surface area contributed by atoms with Crippen LogP contribution in [-0.2, 0) is 62.2 Å². The molecule has 0 aromatic heterocycles. The van der Waals surface area contributed by atoms with Crippen molar-refractivity contribution < 1.29 is 119 Å². The van der Waals surface area contributed by atoms with Crippen LogP contribution >= 0.6 is 0 Å². The van der Waals surface area contributed by atoms with E-state index in [9.17, 15) is 95.2 Å². The van der Waals surface area contributed by atoms with Gasteiger partial charge in [0.2, 0.25) is 18.3 Å². The summed E-state index contributed by atoms with van der Waals surface area (Å²) in [5.41, 5.74) is -0.430. The molecule has 2 heterocycles. The second-order valence-corrected chi connectivity index (χ2v) is 17.9. The maximum atomic E-state index is 14.6. The van der Waals surface area contributed by atoms with Gasteiger partial charge in [0.25, 0.3) is 0 Å². The molecule has 6 aromatic rings. The molecule has 0 spiro atoms. The van der Waals surface area contributed by atoms with Crippen molar-refractivity contribution in [2.45, 2.75) is 61.6 Å². The maximum Gasteiger partial charge on any atom is 0.345 e. The Labute approximate surface area is 437 Å². The van der Waals surface area contributed by atoms with Crippen molar-refractivity contribution in [3.8, 4) is 69.0 Å². The first kappa shape index (κ1) is 53.8. The summed E-state index contributed by atoms with van der Waals surface area (Å²) >= 11 is 0. The fourth-order valence-corrected chi connectivity index (χ4v) is 8.87. The van der Waals surface area contributed by atoms with Crippen LogP contribution < -0.4 is 9.47 Å². The van der Waals surface area contributed by atoms with E-state index in [4.69, 9.17) is 23.7 Å². The number of esters is 3. The largest absolute Gasteiger partial charge is 0.504 e. The molecule has 0 unspecified atom stereocenters. The fourth-order valence-electron chi connectivity index (χ4n) is 8.87. The molecule has 0 radical (unpaired) electrons. The van der Waals surface area contributed by atoms with Crippen LogP contribution in [0.1, 0.15) is 68.6 Å². The van der Waals surface area contributed by atoms with Crippen molar-refractivity contribution in [3.63, 3.8) is 0 Å². The third kappa shape index (κ3) is 11.3. The smallest absolute Gasteiger partial charge is 0.345 e. The van der Waals surface area contributed by atoms with E-state index in [1.54, 1.807) is 0 Å². The normalized spacial score (nSPS) is 17.3. The Bertz CT molecular complexity index is 3440. The van der Waals surface area contributed by atoms with Gasteiger partial charge in [0.1, 0.15) is 24.0 Å². The van der Waals surface area contributed by atoms with Gasteiger partial charge in [0, 0.05) is 36.5 Å². The summed E-state index contributed by atoms with van der Waals surface area (Å²) in [4.78, 5) is 79.8. The molecule has 2 aliphatic heterocycles. The summed E-state index contributed by atoms with van der Waals surface area (Å²) in [6.07, 6.45) is -9.08. The Morgan fingerprint density at radius 3 is 1.38 bits per heavy atom. The lowest BCUT2D eigenvalue weighted by atomic mass is 9.86. The molecule has 0 aliphatic carbocycles. The van der Waals surface area contributed by atoms with Crippen LogP contribution in [0.15, 0.2) is 103 Å². The van der Waals surface area contributed by atoms with Gasteiger partial charge in [0.05, 0.1) is 0 Å². The summed E-state index contributed by atoms with van der Waals surface area (Å²) < 4.78 is 28.4. The molecule has 8 rings (SSSR count). The predicted octanol–water partition coefficient (Wildman–Crippen LogP) is 4.91. The van der Waals surface area contributed by atoms with Crippen molar-refractivity contribution in [1.82, 2.24) is 0 Å². The minimum absolute atomic E-state index is 0.0138. The Morgan fingerprint density at radius 2 is 0.885 bits per heavy atom. The van der Waals surface area contributed by atoms with Gasteiger partial charge in [-0.15, -0.1) is 0 Å². The van der Waals surface area contributed by atoms with Gasteiger partial charge in [-0.25, -0.2) is 19.2 Å². The number of hydrogen-bond donors (Lipinski definition) is 13. The number of carbonyl (C=O) groups is 6. The van der Waals surface area contributed by atoms with E-state index in [0.29, 0.717) is 0 Å². The number of phenols is 10. The first-order valence-corrected chi connectivity index (χ1v) is 23.1. The molecule has 0 amide bonds. The zero-order chi connectivity index (χ0) is 56.4. The number of carboxylic acid groups (broad SMARTS) is 3. The fraction of sp³-hybridized carbons (Fsp3) is 0.185. The number of rotatable bonds is 18. The molecule has 78 heavy (non-hydrogen) atoms. The molecule has 7 atom stereocenters. The van der Waals surface area contributed by atoms with Crippen LogP contribution in [0.4, 0.5) is 0 Å². The van der Waals surface area contributed by atoms with Crippen molar-refractivity contribution in [2.24, 2.45) is 0 Å². The molecule has 24 heteroatoms. The van der Waals surface area contributed by atoms with Crippen molar-refractivity contribution in [3.05, 3.63) is 148 Å². The lowest BCUT2D eigenvalue weighted by molar-refractivity contribution is -0.166. The Balaban J connectivity index is 1.11. The van der Waals surface area contributed by atoms with E-state index in [-0.39, 0.29) is 50.3 Å². The number of aliphatic carboxylic acids is 3. The van der Waals surface area contributed by atoms with Crippen LogP contribution in [0, 0.1) is 0 Å². The molecular formula is C54H44O24. The van der Waals surface area contributed by atoms with Gasteiger partial charge in [0.15, 0.2) is 69.0 Å². The minimum atomic E-state index is -2.20. The molecular weight excluding hydrogens is 1030 g/mol. The lowest BCUT2D eigenvalue weighted by Gasteiger charge is -2.23. The average molecular weight is 1080 g/mol. The van der Waals surface area contributed by atoms with Crippen LogP contribution in [0.3, 0.4) is 0 Å². The summed E-state index contributed by atoms with van der Waals surface area (Å²) in [5.74, 6) is -19.2.